The molecule has 0 spiro atoms. The molecule has 6 heteroatoms. The predicted molar refractivity (Wildman–Crippen MR) is 95.4 cm³/mol. The molecule has 2 heterocycles. The van der Waals surface area contributed by atoms with E-state index in [4.69, 9.17) is 0 Å². The molecule has 0 atom stereocenters. The topological polar surface area (TPSA) is 79.4 Å². The number of imide groups is 1. The molecule has 0 unspecified atom stereocenters. The van der Waals surface area contributed by atoms with E-state index in [1.54, 1.807) is 42.6 Å². The predicted octanol–water partition coefficient (Wildman–Crippen LogP) is 2.15. The maximum atomic E-state index is 12.7. The van der Waals surface area contributed by atoms with E-state index < -0.39 is 17.7 Å². The Bertz CT molecular complexity index is 980. The van der Waals surface area contributed by atoms with Crippen LogP contribution >= 0.6 is 0 Å². The summed E-state index contributed by atoms with van der Waals surface area (Å²) in [6.45, 7) is -0.0860. The van der Waals surface area contributed by atoms with Crippen LogP contribution < -0.4 is 5.32 Å². The summed E-state index contributed by atoms with van der Waals surface area (Å²) in [6.07, 6.45) is 1.64. The van der Waals surface area contributed by atoms with Crippen LogP contribution in [0.25, 0.3) is 10.8 Å². The van der Waals surface area contributed by atoms with Crippen LogP contribution in [0.5, 0.6) is 0 Å². The van der Waals surface area contributed by atoms with E-state index in [1.165, 1.54) is 0 Å². The van der Waals surface area contributed by atoms with E-state index >= 15 is 0 Å². The molecule has 0 fully saturated rings. The number of pyridine rings is 1. The molecule has 0 bridgehead atoms. The third-order valence-electron chi connectivity index (χ3n) is 4.35. The number of benzene rings is 2. The number of carbonyl (C=O) groups is 3. The standard InChI is InChI=1S/C20H15N3O3/c24-17(22-11-14-7-1-2-10-21-14)12-23-19(25)15-8-3-5-13-6-4-9-16(18(13)15)20(23)26/h1-10H,11-12H2,(H,22,24). The zero-order chi connectivity index (χ0) is 18.1. The highest BCUT2D eigenvalue weighted by Crippen LogP contribution is 2.29. The molecule has 6 nitrogen and oxygen atoms in total. The van der Waals surface area contributed by atoms with Gasteiger partial charge in [0.25, 0.3) is 11.8 Å². The summed E-state index contributed by atoms with van der Waals surface area (Å²) in [6, 6.07) is 16.0. The summed E-state index contributed by atoms with van der Waals surface area (Å²) in [7, 11) is 0. The van der Waals surface area contributed by atoms with Crippen LogP contribution in [0.1, 0.15) is 26.4 Å². The first kappa shape index (κ1) is 16.0. The van der Waals surface area contributed by atoms with Gasteiger partial charge in [-0.25, -0.2) is 0 Å². The minimum atomic E-state index is -0.452. The van der Waals surface area contributed by atoms with E-state index in [2.05, 4.69) is 10.3 Å². The molecule has 2 aromatic carbocycles. The second-order valence-electron chi connectivity index (χ2n) is 6.00. The number of nitrogens with zero attached hydrogens (tertiary/aromatic N) is 2. The molecule has 1 aromatic heterocycles. The Balaban J connectivity index is 1.56. The fourth-order valence-electron chi connectivity index (χ4n) is 3.12. The van der Waals surface area contributed by atoms with Crippen molar-refractivity contribution >= 4 is 28.5 Å². The third kappa shape index (κ3) is 2.71. The Morgan fingerprint density at radius 1 is 0.923 bits per heavy atom. The van der Waals surface area contributed by atoms with Gasteiger partial charge >= 0.3 is 0 Å². The van der Waals surface area contributed by atoms with Crippen LogP contribution in [0, 0.1) is 0 Å². The Hall–Kier alpha value is -3.54. The van der Waals surface area contributed by atoms with Gasteiger partial charge in [-0.3, -0.25) is 24.3 Å². The van der Waals surface area contributed by atoms with E-state index in [0.717, 1.165) is 10.3 Å². The van der Waals surface area contributed by atoms with Crippen LogP contribution in [0.3, 0.4) is 0 Å². The summed E-state index contributed by atoms with van der Waals surface area (Å²) in [5.41, 5.74) is 1.58. The van der Waals surface area contributed by atoms with Gasteiger partial charge in [-0.05, 0) is 29.7 Å². The zero-order valence-corrected chi connectivity index (χ0v) is 13.8. The SMILES string of the molecule is O=C(CN1C(=O)c2cccc3cccc(c23)C1=O)NCc1ccccn1. The lowest BCUT2D eigenvalue weighted by molar-refractivity contribution is -0.121. The Morgan fingerprint density at radius 3 is 2.23 bits per heavy atom. The molecule has 4 rings (SSSR count). The van der Waals surface area contributed by atoms with Crippen molar-refractivity contribution in [3.05, 3.63) is 77.6 Å². The normalized spacial score (nSPS) is 13.2. The number of amides is 3. The monoisotopic (exact) mass is 345 g/mol. The van der Waals surface area contributed by atoms with E-state index in [9.17, 15) is 14.4 Å². The van der Waals surface area contributed by atoms with Gasteiger partial charge in [0.2, 0.25) is 5.91 Å². The van der Waals surface area contributed by atoms with Crippen LogP contribution in [0.15, 0.2) is 60.8 Å². The van der Waals surface area contributed by atoms with Gasteiger partial charge in [0.15, 0.2) is 0 Å². The van der Waals surface area contributed by atoms with Gasteiger partial charge in [0.1, 0.15) is 6.54 Å². The van der Waals surface area contributed by atoms with Crippen LogP contribution in [-0.4, -0.2) is 34.2 Å². The van der Waals surface area contributed by atoms with Crippen LogP contribution in [0.2, 0.25) is 0 Å². The number of rotatable bonds is 4. The first-order valence-corrected chi connectivity index (χ1v) is 8.19. The van der Waals surface area contributed by atoms with Gasteiger partial charge < -0.3 is 5.32 Å². The average Bonchev–Trinajstić information content (AvgIpc) is 2.68. The average molecular weight is 345 g/mol. The van der Waals surface area contributed by atoms with Gasteiger partial charge in [-0.1, -0.05) is 30.3 Å². The highest BCUT2D eigenvalue weighted by molar-refractivity contribution is 6.26. The van der Waals surface area contributed by atoms with Crippen LogP contribution in [0.4, 0.5) is 0 Å². The lowest BCUT2D eigenvalue weighted by Gasteiger charge is -2.26. The van der Waals surface area contributed by atoms with Gasteiger partial charge in [0.05, 0.1) is 12.2 Å². The van der Waals surface area contributed by atoms with Crippen molar-refractivity contribution < 1.29 is 14.4 Å². The molecule has 1 N–H and O–H groups in total. The first-order chi connectivity index (χ1) is 12.6. The highest BCUT2D eigenvalue weighted by Gasteiger charge is 2.33. The molecule has 1 aliphatic rings. The molecule has 0 aliphatic carbocycles. The Morgan fingerprint density at radius 2 is 1.62 bits per heavy atom. The fourth-order valence-corrected chi connectivity index (χ4v) is 3.12. The van der Waals surface area contributed by atoms with Crippen molar-refractivity contribution in [2.24, 2.45) is 0 Å². The Labute approximate surface area is 149 Å². The molecule has 0 radical (unpaired) electrons. The summed E-state index contributed by atoms with van der Waals surface area (Å²) >= 11 is 0. The largest absolute Gasteiger partial charge is 0.349 e. The second kappa shape index (κ2) is 6.40. The quantitative estimate of drug-likeness (QED) is 0.735. The van der Waals surface area contributed by atoms with E-state index in [1.807, 2.05) is 18.2 Å². The zero-order valence-electron chi connectivity index (χ0n) is 13.8. The van der Waals surface area contributed by atoms with Gasteiger partial charge in [-0.15, -0.1) is 0 Å². The van der Waals surface area contributed by atoms with Crippen molar-refractivity contribution in [3.8, 4) is 0 Å². The minimum Gasteiger partial charge on any atom is -0.349 e. The number of hydrogen-bond donors (Lipinski definition) is 1. The lowest BCUT2D eigenvalue weighted by atomic mass is 9.94. The van der Waals surface area contributed by atoms with Crippen molar-refractivity contribution in [2.75, 3.05) is 6.54 Å². The first-order valence-electron chi connectivity index (χ1n) is 8.19. The van der Waals surface area contributed by atoms with Crippen molar-refractivity contribution in [2.45, 2.75) is 6.54 Å². The van der Waals surface area contributed by atoms with Crippen molar-refractivity contribution in [1.82, 2.24) is 15.2 Å². The number of aromatic nitrogens is 1. The smallest absolute Gasteiger partial charge is 0.261 e. The summed E-state index contributed by atoms with van der Waals surface area (Å²) in [5.74, 6) is -1.32. The summed E-state index contributed by atoms with van der Waals surface area (Å²) < 4.78 is 0. The van der Waals surface area contributed by atoms with Gasteiger partial charge in [-0.2, -0.15) is 0 Å². The molecular weight excluding hydrogens is 330 g/mol. The van der Waals surface area contributed by atoms with E-state index in [-0.39, 0.29) is 13.1 Å². The van der Waals surface area contributed by atoms with Crippen molar-refractivity contribution in [1.29, 1.82) is 0 Å². The number of nitrogens with one attached hydrogen (secondary N) is 1. The highest BCUT2D eigenvalue weighted by atomic mass is 16.2. The molecule has 26 heavy (non-hydrogen) atoms. The van der Waals surface area contributed by atoms with E-state index in [0.29, 0.717) is 22.2 Å². The number of carbonyl (C=O) groups excluding carboxylic acids is 3. The Kier molecular flexibility index (Phi) is 3.93. The van der Waals surface area contributed by atoms with Gasteiger partial charge in [0, 0.05) is 22.7 Å². The molecule has 128 valence electrons. The summed E-state index contributed by atoms with van der Waals surface area (Å²) in [5, 5.41) is 4.17. The summed E-state index contributed by atoms with van der Waals surface area (Å²) in [4.78, 5) is 42.8. The molecule has 1 aliphatic heterocycles. The lowest BCUT2D eigenvalue weighted by Crippen LogP contribution is -2.46. The molecule has 0 saturated heterocycles. The van der Waals surface area contributed by atoms with Crippen molar-refractivity contribution in [3.63, 3.8) is 0 Å². The third-order valence-corrected chi connectivity index (χ3v) is 4.35. The maximum absolute atomic E-state index is 12.7. The molecule has 0 saturated carbocycles. The molecule has 3 amide bonds. The molecule has 3 aromatic rings. The second-order valence-corrected chi connectivity index (χ2v) is 6.00. The molecular formula is C20H15N3O3. The number of hydrogen-bond acceptors (Lipinski definition) is 4. The minimum absolute atomic E-state index is 0.238. The maximum Gasteiger partial charge on any atom is 0.261 e. The van der Waals surface area contributed by atoms with Crippen LogP contribution in [-0.2, 0) is 11.3 Å². The fraction of sp³-hybridized carbons (Fsp3) is 0.100.